The molecule has 2 aromatic rings. The highest BCUT2D eigenvalue weighted by molar-refractivity contribution is 6.03. The molecule has 21 heavy (non-hydrogen) atoms. The predicted octanol–water partition coefficient (Wildman–Crippen LogP) is 1.15. The third-order valence-corrected chi connectivity index (χ3v) is 3.46. The van der Waals surface area contributed by atoms with Gasteiger partial charge in [0, 0.05) is 14.8 Å². The van der Waals surface area contributed by atoms with Gasteiger partial charge in [-0.2, -0.15) is 0 Å². The van der Waals surface area contributed by atoms with E-state index in [1.165, 1.54) is 13.0 Å². The highest BCUT2D eigenvalue weighted by Crippen LogP contribution is 2.24. The SMILES string of the molecule is [2H]C1([2H])CC([2H])(n2c(C)nc3cccc(N)c3c2=O)C(=O)CC1=O. The van der Waals surface area contributed by atoms with Gasteiger partial charge in [0.2, 0.25) is 0 Å². The Bertz CT molecular complexity index is 954. The molecule has 2 N–H and O–H groups in total. The van der Waals surface area contributed by atoms with E-state index < -0.39 is 42.4 Å². The van der Waals surface area contributed by atoms with Crippen LogP contribution in [0.3, 0.4) is 0 Å². The van der Waals surface area contributed by atoms with Crippen LogP contribution in [-0.2, 0) is 9.59 Å². The molecule has 0 radical (unpaired) electrons. The van der Waals surface area contributed by atoms with Crippen molar-refractivity contribution in [3.05, 3.63) is 34.4 Å². The van der Waals surface area contributed by atoms with Crippen LogP contribution in [0.1, 0.15) is 35.2 Å². The lowest BCUT2D eigenvalue weighted by Crippen LogP contribution is -2.36. The standard InChI is InChI=1S/C15H15N3O3/c1-8-17-11-4-2-3-10(16)14(11)15(21)18(8)12-6-5-9(19)7-13(12)20/h2-4,12H,5-7,16H2,1H3/i5D2,12D. The number of nitrogen functional groups attached to an aromatic ring is 1. The molecule has 0 spiro atoms. The zero-order valence-corrected chi connectivity index (χ0v) is 11.3. The molecule has 3 rings (SSSR count). The van der Waals surface area contributed by atoms with E-state index in [0.717, 1.165) is 4.57 Å². The summed E-state index contributed by atoms with van der Waals surface area (Å²) in [6.45, 7) is 1.46. The Morgan fingerprint density at radius 3 is 2.95 bits per heavy atom. The van der Waals surface area contributed by atoms with Crippen molar-refractivity contribution in [1.29, 1.82) is 0 Å². The molecule has 0 aliphatic heterocycles. The second kappa shape index (κ2) is 4.80. The van der Waals surface area contributed by atoms with Gasteiger partial charge in [0.25, 0.3) is 5.56 Å². The number of carbonyl (C=O) groups excluding carboxylic acids is 2. The Hall–Kier alpha value is -2.50. The number of fused-ring (bicyclic) bond motifs is 1. The molecule has 1 fully saturated rings. The van der Waals surface area contributed by atoms with Gasteiger partial charge in [-0.05, 0) is 25.5 Å². The molecule has 6 heteroatoms. The van der Waals surface area contributed by atoms with Crippen LogP contribution < -0.4 is 11.3 Å². The minimum atomic E-state index is -2.36. The first-order chi connectivity index (χ1) is 11.1. The summed E-state index contributed by atoms with van der Waals surface area (Å²) in [6, 6.07) is 2.50. The van der Waals surface area contributed by atoms with Gasteiger partial charge >= 0.3 is 0 Å². The van der Waals surface area contributed by atoms with E-state index >= 15 is 0 Å². The van der Waals surface area contributed by atoms with Gasteiger partial charge in [0.1, 0.15) is 11.6 Å². The second-order valence-electron chi connectivity index (χ2n) is 4.86. The topological polar surface area (TPSA) is 95.1 Å². The van der Waals surface area contributed by atoms with Crippen LogP contribution in [0.4, 0.5) is 5.69 Å². The minimum Gasteiger partial charge on any atom is -0.398 e. The van der Waals surface area contributed by atoms with E-state index in [9.17, 15) is 14.4 Å². The third kappa shape index (κ3) is 2.12. The van der Waals surface area contributed by atoms with Crippen molar-refractivity contribution in [2.24, 2.45) is 0 Å². The fourth-order valence-corrected chi connectivity index (χ4v) is 2.48. The summed E-state index contributed by atoms with van der Waals surface area (Å²) in [5.74, 6) is -1.62. The normalized spacial score (nSPS) is 27.2. The highest BCUT2D eigenvalue weighted by Gasteiger charge is 2.30. The molecule has 0 bridgehead atoms. The summed E-state index contributed by atoms with van der Waals surface area (Å²) in [6.07, 6.45) is -3.83. The van der Waals surface area contributed by atoms with Crippen LogP contribution in [0.2, 0.25) is 0 Å². The molecule has 1 aliphatic carbocycles. The number of carbonyl (C=O) groups is 2. The summed E-state index contributed by atoms with van der Waals surface area (Å²) in [5.41, 5.74) is 5.63. The van der Waals surface area contributed by atoms with Crippen molar-refractivity contribution in [3.63, 3.8) is 0 Å². The Balaban J connectivity index is 2.33. The number of aryl methyl sites for hydroxylation is 1. The average molecular weight is 288 g/mol. The number of hydrogen-bond acceptors (Lipinski definition) is 5. The van der Waals surface area contributed by atoms with E-state index in [1.54, 1.807) is 12.1 Å². The van der Waals surface area contributed by atoms with Crippen LogP contribution in [0.25, 0.3) is 10.9 Å². The first kappa shape index (κ1) is 10.3. The van der Waals surface area contributed by atoms with Gasteiger partial charge in [0.05, 0.1) is 24.7 Å². The molecule has 0 amide bonds. The average Bonchev–Trinajstić information content (AvgIpc) is 2.44. The maximum Gasteiger partial charge on any atom is 0.264 e. The molecule has 6 nitrogen and oxygen atoms in total. The molecule has 1 aromatic heterocycles. The molecule has 1 heterocycles. The van der Waals surface area contributed by atoms with E-state index in [1.807, 2.05) is 0 Å². The summed E-state index contributed by atoms with van der Waals surface area (Å²) in [7, 11) is 0. The van der Waals surface area contributed by atoms with E-state index in [-0.39, 0.29) is 16.9 Å². The summed E-state index contributed by atoms with van der Waals surface area (Å²) < 4.78 is 24.8. The quantitative estimate of drug-likeness (QED) is 0.627. The van der Waals surface area contributed by atoms with Crippen LogP contribution >= 0.6 is 0 Å². The Morgan fingerprint density at radius 2 is 2.19 bits per heavy atom. The number of rotatable bonds is 1. The third-order valence-electron chi connectivity index (χ3n) is 3.46. The number of ketones is 2. The molecule has 0 saturated heterocycles. The monoisotopic (exact) mass is 288 g/mol. The first-order valence-electron chi connectivity index (χ1n) is 7.93. The van der Waals surface area contributed by atoms with Gasteiger partial charge in [-0.1, -0.05) is 6.07 Å². The summed E-state index contributed by atoms with van der Waals surface area (Å²) in [5, 5.41) is 0.0694. The molecule has 1 aliphatic rings. The van der Waals surface area contributed by atoms with Gasteiger partial charge < -0.3 is 5.73 Å². The lowest BCUT2D eigenvalue weighted by molar-refractivity contribution is -0.132. The van der Waals surface area contributed by atoms with Crippen molar-refractivity contribution < 1.29 is 13.7 Å². The van der Waals surface area contributed by atoms with Crippen molar-refractivity contribution in [2.75, 3.05) is 5.73 Å². The van der Waals surface area contributed by atoms with E-state index in [4.69, 9.17) is 9.85 Å². The maximum absolute atomic E-state index is 12.9. The van der Waals surface area contributed by atoms with Gasteiger partial charge in [-0.3, -0.25) is 19.0 Å². The number of aromatic nitrogens is 2. The van der Waals surface area contributed by atoms with E-state index in [0.29, 0.717) is 5.52 Å². The molecule has 1 atom stereocenters. The number of anilines is 1. The number of nitrogens with zero attached hydrogens (tertiary/aromatic N) is 2. The summed E-state index contributed by atoms with van der Waals surface area (Å²) >= 11 is 0. The van der Waals surface area contributed by atoms with E-state index in [2.05, 4.69) is 4.98 Å². The van der Waals surface area contributed by atoms with Crippen LogP contribution in [-0.4, -0.2) is 21.1 Å². The first-order valence-corrected chi connectivity index (χ1v) is 6.43. The van der Waals surface area contributed by atoms with Crippen molar-refractivity contribution in [3.8, 4) is 0 Å². The largest absolute Gasteiger partial charge is 0.398 e. The van der Waals surface area contributed by atoms with Crippen molar-refractivity contribution >= 4 is 28.2 Å². The number of Topliss-reactive ketones (excluding diaryl/α,β-unsaturated/α-hetero) is 2. The Morgan fingerprint density at radius 1 is 1.43 bits per heavy atom. The van der Waals surface area contributed by atoms with Gasteiger partial charge in [-0.25, -0.2) is 4.98 Å². The van der Waals surface area contributed by atoms with Crippen LogP contribution in [0, 0.1) is 6.92 Å². The smallest absolute Gasteiger partial charge is 0.264 e. The number of hydrogen-bond donors (Lipinski definition) is 1. The number of nitrogens with two attached hydrogens (primary N) is 1. The van der Waals surface area contributed by atoms with Crippen LogP contribution in [0.5, 0.6) is 0 Å². The zero-order valence-electron chi connectivity index (χ0n) is 14.3. The molecule has 1 saturated carbocycles. The molecule has 1 aromatic carbocycles. The fourth-order valence-electron chi connectivity index (χ4n) is 2.48. The lowest BCUT2D eigenvalue weighted by atomic mass is 9.92. The molecule has 1 unspecified atom stereocenters. The van der Waals surface area contributed by atoms with Crippen molar-refractivity contribution in [1.82, 2.24) is 9.55 Å². The second-order valence-corrected chi connectivity index (χ2v) is 4.86. The number of benzene rings is 1. The molecular weight excluding hydrogens is 270 g/mol. The maximum atomic E-state index is 12.9. The van der Waals surface area contributed by atoms with Gasteiger partial charge in [-0.15, -0.1) is 0 Å². The molecular formula is C15H15N3O3. The Labute approximate surface area is 124 Å². The molecule has 108 valence electrons. The zero-order chi connectivity index (χ0) is 17.9. The summed E-state index contributed by atoms with van der Waals surface area (Å²) in [4.78, 5) is 41.1. The lowest BCUT2D eigenvalue weighted by Gasteiger charge is -2.24. The fraction of sp³-hybridized carbons (Fsp3) is 0.333. The van der Waals surface area contributed by atoms with Crippen molar-refractivity contribution in [2.45, 2.75) is 32.2 Å². The highest BCUT2D eigenvalue weighted by atomic mass is 16.2. The van der Waals surface area contributed by atoms with Gasteiger partial charge in [0.15, 0.2) is 5.78 Å². The predicted molar refractivity (Wildman–Crippen MR) is 78.1 cm³/mol. The minimum absolute atomic E-state index is 0.0694. The Kier molecular flexibility index (Phi) is 2.35. The van der Waals surface area contributed by atoms with Crippen LogP contribution in [0.15, 0.2) is 23.0 Å².